The molecule has 0 amide bonds. The summed E-state index contributed by atoms with van der Waals surface area (Å²) in [6, 6.07) is 3.30. The highest BCUT2D eigenvalue weighted by atomic mass is 35.5. The number of hydrogen-bond acceptors (Lipinski definition) is 6. The second-order valence-electron chi connectivity index (χ2n) is 6.96. The molecule has 0 bridgehead atoms. The maximum Gasteiger partial charge on any atom is 0.241 e. The van der Waals surface area contributed by atoms with Crippen LogP contribution in [0.2, 0.25) is 10.0 Å². The highest BCUT2D eigenvalue weighted by molar-refractivity contribution is 6.36. The van der Waals surface area contributed by atoms with E-state index >= 15 is 0 Å². The Morgan fingerprint density at radius 2 is 1.79 bits per heavy atom. The fraction of sp³-hybridized carbons (Fsp3) is 0.368. The van der Waals surface area contributed by atoms with E-state index < -0.39 is 0 Å². The van der Waals surface area contributed by atoms with Crippen LogP contribution in [-0.2, 0) is 11.2 Å². The molecule has 0 unspecified atom stereocenters. The third-order valence-corrected chi connectivity index (χ3v) is 5.51. The second kappa shape index (κ2) is 7.31. The predicted octanol–water partition coefficient (Wildman–Crippen LogP) is 2.74. The highest BCUT2D eigenvalue weighted by Gasteiger charge is 2.43. The van der Waals surface area contributed by atoms with Crippen LogP contribution in [0.3, 0.4) is 0 Å². The Hall–Kier alpha value is -2.22. The summed E-state index contributed by atoms with van der Waals surface area (Å²) in [6.07, 6.45) is 2.48. The van der Waals surface area contributed by atoms with Gasteiger partial charge in [0, 0.05) is 16.7 Å². The Kier molecular flexibility index (Phi) is 4.99. The van der Waals surface area contributed by atoms with Crippen LogP contribution in [0.15, 0.2) is 24.5 Å². The van der Waals surface area contributed by atoms with Gasteiger partial charge >= 0.3 is 0 Å². The van der Waals surface area contributed by atoms with Crippen LogP contribution in [0.1, 0.15) is 15.9 Å². The molecule has 4 rings (SSSR count). The summed E-state index contributed by atoms with van der Waals surface area (Å²) in [5.41, 5.74) is 0.549. The maximum atomic E-state index is 13.0. The topological polar surface area (TPSA) is 78.1 Å². The van der Waals surface area contributed by atoms with E-state index in [2.05, 4.69) is 0 Å². The molecule has 1 fully saturated rings. The average Bonchev–Trinajstić information content (AvgIpc) is 2.84. The first-order valence-electron chi connectivity index (χ1n) is 8.58. The van der Waals surface area contributed by atoms with E-state index in [4.69, 9.17) is 42.1 Å². The van der Waals surface area contributed by atoms with Crippen molar-refractivity contribution in [2.75, 3.05) is 33.5 Å². The Labute approximate surface area is 171 Å². The zero-order valence-corrected chi connectivity index (χ0v) is 16.5. The van der Waals surface area contributed by atoms with Gasteiger partial charge in [-0.25, -0.2) is 0 Å². The number of methoxy groups -OCH3 is 1. The molecule has 0 atom stereocenters. The number of nitrogens with zero attached hydrogens (tertiary/aromatic N) is 1. The van der Waals surface area contributed by atoms with E-state index in [-0.39, 0.29) is 27.7 Å². The molecule has 0 saturated carbocycles. The number of ether oxygens (including phenoxy) is 4. The van der Waals surface area contributed by atoms with Crippen LogP contribution < -0.4 is 18.9 Å². The van der Waals surface area contributed by atoms with Gasteiger partial charge in [-0.3, -0.25) is 10.0 Å². The summed E-state index contributed by atoms with van der Waals surface area (Å²) in [7, 11) is 1.53. The van der Waals surface area contributed by atoms with Crippen molar-refractivity contribution in [3.8, 4) is 17.2 Å². The summed E-state index contributed by atoms with van der Waals surface area (Å²) in [5.74, 6) is 0.979. The average molecular weight is 427 g/mol. The fourth-order valence-electron chi connectivity index (χ4n) is 3.22. The van der Waals surface area contributed by atoms with E-state index in [0.717, 1.165) is 4.73 Å². The number of fused-ring (bicyclic) bond motifs is 1. The lowest BCUT2D eigenvalue weighted by Gasteiger charge is -2.38. The molecule has 0 aliphatic carbocycles. The number of carbonyl (C=O) groups excluding carboxylic acids is 1. The number of Topliss-reactive ketones (excluding diaryl/α,β-unsaturated/α-hetero) is 1. The number of rotatable bonds is 4. The molecule has 148 valence electrons. The second-order valence-corrected chi connectivity index (χ2v) is 7.77. The van der Waals surface area contributed by atoms with Gasteiger partial charge in [-0.1, -0.05) is 23.2 Å². The van der Waals surface area contributed by atoms with Gasteiger partial charge in [0.05, 0.1) is 31.3 Å². The van der Waals surface area contributed by atoms with Crippen LogP contribution in [0.25, 0.3) is 0 Å². The van der Waals surface area contributed by atoms with E-state index in [9.17, 15) is 10.0 Å². The van der Waals surface area contributed by atoms with Crippen LogP contribution in [0.5, 0.6) is 17.2 Å². The van der Waals surface area contributed by atoms with Crippen LogP contribution in [-0.4, -0.2) is 44.5 Å². The number of benzene rings is 1. The largest absolute Gasteiger partial charge is 0.493 e. The molecule has 1 spiro atoms. The normalized spacial score (nSPS) is 17.0. The van der Waals surface area contributed by atoms with E-state index in [1.165, 1.54) is 19.5 Å². The van der Waals surface area contributed by atoms with Crippen molar-refractivity contribution < 1.29 is 33.7 Å². The quantitative estimate of drug-likeness (QED) is 0.460. The van der Waals surface area contributed by atoms with E-state index in [1.54, 1.807) is 12.1 Å². The number of aromatic nitrogens is 1. The van der Waals surface area contributed by atoms with Crippen molar-refractivity contribution >= 4 is 29.0 Å². The third-order valence-electron chi connectivity index (χ3n) is 4.86. The molecule has 1 aromatic heterocycles. The first-order valence-corrected chi connectivity index (χ1v) is 9.34. The van der Waals surface area contributed by atoms with E-state index in [0.29, 0.717) is 54.8 Å². The third kappa shape index (κ3) is 3.34. The van der Waals surface area contributed by atoms with Crippen LogP contribution in [0.4, 0.5) is 0 Å². The summed E-state index contributed by atoms with van der Waals surface area (Å²) in [5, 5.41) is 9.87. The molecule has 3 heterocycles. The van der Waals surface area contributed by atoms with Gasteiger partial charge in [0.2, 0.25) is 18.1 Å². The zero-order chi connectivity index (χ0) is 19.9. The predicted molar refractivity (Wildman–Crippen MR) is 99.1 cm³/mol. The fourth-order valence-corrected chi connectivity index (χ4v) is 3.80. The SMILES string of the molecule is COc1ccc(C(=O)Cc2c(Cl)c[n+](O)cc2Cl)c2c1OCC1(COC1)CO2. The molecule has 1 saturated heterocycles. The lowest BCUT2D eigenvalue weighted by Crippen LogP contribution is -2.50. The Morgan fingerprint density at radius 3 is 2.36 bits per heavy atom. The van der Waals surface area contributed by atoms with Gasteiger partial charge < -0.3 is 18.9 Å². The van der Waals surface area contributed by atoms with Crippen molar-refractivity contribution in [1.29, 1.82) is 0 Å². The Morgan fingerprint density at radius 1 is 1.14 bits per heavy atom. The smallest absolute Gasteiger partial charge is 0.241 e. The molecule has 2 aliphatic rings. The number of hydrogen-bond donors (Lipinski definition) is 1. The van der Waals surface area contributed by atoms with Gasteiger partial charge in [0.25, 0.3) is 0 Å². The molecule has 2 aliphatic heterocycles. The summed E-state index contributed by atoms with van der Waals surface area (Å²) in [6.45, 7) is 1.89. The summed E-state index contributed by atoms with van der Waals surface area (Å²) >= 11 is 12.3. The minimum atomic E-state index is -0.247. The van der Waals surface area contributed by atoms with Crippen LogP contribution >= 0.6 is 23.2 Å². The number of pyridine rings is 1. The molecule has 9 heteroatoms. The standard InChI is InChI=1S/C19H18Cl2NO6/c1-25-16-3-2-11(15(23)4-12-13(20)5-22(24)6-14(12)21)17-18(16)28-10-19(9-27-17)7-26-8-19/h2-3,5-6,24H,4,7-10H2,1H3/q+1. The zero-order valence-electron chi connectivity index (χ0n) is 15.0. The van der Waals surface area contributed by atoms with Crippen molar-refractivity contribution in [3.63, 3.8) is 0 Å². The van der Waals surface area contributed by atoms with Crippen LogP contribution in [0, 0.1) is 5.41 Å². The van der Waals surface area contributed by atoms with E-state index in [1.807, 2.05) is 0 Å². The van der Waals surface area contributed by atoms with Gasteiger partial charge in [0.1, 0.15) is 23.3 Å². The Bertz CT molecular complexity index is 921. The van der Waals surface area contributed by atoms with Gasteiger partial charge in [-0.2, -0.15) is 0 Å². The summed E-state index contributed by atoms with van der Waals surface area (Å²) in [4.78, 5) is 13.0. The minimum Gasteiger partial charge on any atom is -0.493 e. The Balaban J connectivity index is 1.68. The first kappa shape index (κ1) is 19.1. The molecular weight excluding hydrogens is 409 g/mol. The number of carbonyl (C=O) groups is 1. The van der Waals surface area contributed by atoms with Crippen molar-refractivity contribution in [3.05, 3.63) is 45.7 Å². The lowest BCUT2D eigenvalue weighted by atomic mass is 9.88. The monoisotopic (exact) mass is 426 g/mol. The molecular formula is C19H18Cl2NO6+. The molecule has 1 aromatic carbocycles. The van der Waals surface area contributed by atoms with Gasteiger partial charge in [-0.15, -0.1) is 0 Å². The van der Waals surface area contributed by atoms with Crippen molar-refractivity contribution in [1.82, 2.24) is 0 Å². The molecule has 7 nitrogen and oxygen atoms in total. The van der Waals surface area contributed by atoms with Gasteiger partial charge in [0.15, 0.2) is 17.3 Å². The molecule has 1 N–H and O–H groups in total. The van der Waals surface area contributed by atoms with Gasteiger partial charge in [-0.05, 0) is 12.1 Å². The minimum absolute atomic E-state index is 0.0606. The molecule has 28 heavy (non-hydrogen) atoms. The van der Waals surface area contributed by atoms with Crippen molar-refractivity contribution in [2.45, 2.75) is 6.42 Å². The summed E-state index contributed by atoms with van der Waals surface area (Å²) < 4.78 is 23.4. The molecule has 0 radical (unpaired) electrons. The lowest BCUT2D eigenvalue weighted by molar-refractivity contribution is -0.904. The maximum absolute atomic E-state index is 13.0. The number of ketones is 1. The first-order chi connectivity index (χ1) is 13.4. The molecule has 2 aromatic rings. The highest BCUT2D eigenvalue weighted by Crippen LogP contribution is 2.45. The number of halogens is 2. The van der Waals surface area contributed by atoms with Crippen molar-refractivity contribution in [2.24, 2.45) is 5.41 Å².